The molecule has 0 aliphatic carbocycles. The van der Waals surface area contributed by atoms with Crippen molar-refractivity contribution in [3.8, 4) is 0 Å². The molecule has 0 heterocycles. The molecule has 0 fully saturated rings. The number of benzene rings is 1. The Balaban J connectivity index is 2.87. The van der Waals surface area contributed by atoms with Crippen molar-refractivity contribution in [1.82, 2.24) is 0 Å². The van der Waals surface area contributed by atoms with E-state index in [1.54, 1.807) is 12.1 Å². The minimum atomic E-state index is -1.03. The van der Waals surface area contributed by atoms with Crippen molar-refractivity contribution >= 4 is 23.3 Å². The van der Waals surface area contributed by atoms with Crippen LogP contribution in [0, 0.1) is 0 Å². The fourth-order valence-electron chi connectivity index (χ4n) is 1.05. The van der Waals surface area contributed by atoms with Crippen molar-refractivity contribution in [3.05, 3.63) is 40.9 Å². The van der Waals surface area contributed by atoms with Crippen LogP contribution >= 0.6 is 11.6 Å². The Morgan fingerprint density at radius 1 is 1.60 bits per heavy atom. The molecule has 0 unspecified atom stereocenters. The molecule has 0 atom stereocenters. The van der Waals surface area contributed by atoms with Crippen LogP contribution in [0.15, 0.2) is 30.4 Å². The lowest BCUT2D eigenvalue weighted by Crippen LogP contribution is -2.04. The van der Waals surface area contributed by atoms with Crippen molar-refractivity contribution in [1.29, 1.82) is 0 Å². The van der Waals surface area contributed by atoms with Gasteiger partial charge in [-0.1, -0.05) is 23.8 Å². The van der Waals surface area contributed by atoms with Gasteiger partial charge in [0, 0.05) is 12.2 Å². The summed E-state index contributed by atoms with van der Waals surface area (Å²) in [6.07, 6.45) is 0. The number of nitrogens with one attached hydrogen (secondary N) is 1. The van der Waals surface area contributed by atoms with Crippen LogP contribution in [0.2, 0.25) is 5.02 Å². The zero-order chi connectivity index (χ0) is 11.4. The average Bonchev–Trinajstić information content (AvgIpc) is 2.16. The number of hydrogen-bond acceptors (Lipinski definition) is 2. The third kappa shape index (κ3) is 3.29. The largest absolute Gasteiger partial charge is 0.478 e. The summed E-state index contributed by atoms with van der Waals surface area (Å²) in [6.45, 7) is 6.24. The number of halogens is 1. The molecule has 0 spiro atoms. The van der Waals surface area contributed by atoms with Gasteiger partial charge in [0.2, 0.25) is 0 Å². The average molecular weight is 226 g/mol. The lowest BCUT2D eigenvalue weighted by atomic mass is 10.2. The van der Waals surface area contributed by atoms with Gasteiger partial charge in [-0.15, -0.1) is 0 Å². The van der Waals surface area contributed by atoms with Crippen LogP contribution in [0.5, 0.6) is 0 Å². The molecule has 4 heteroatoms. The highest BCUT2D eigenvalue weighted by Gasteiger charge is 2.08. The lowest BCUT2D eigenvalue weighted by Gasteiger charge is -2.07. The number of anilines is 1. The fourth-order valence-corrected chi connectivity index (χ4v) is 1.25. The first-order valence-electron chi connectivity index (χ1n) is 4.42. The van der Waals surface area contributed by atoms with Gasteiger partial charge in [-0.3, -0.25) is 0 Å². The quantitative estimate of drug-likeness (QED) is 0.775. The topological polar surface area (TPSA) is 49.3 Å². The minimum Gasteiger partial charge on any atom is -0.478 e. The Morgan fingerprint density at radius 2 is 2.27 bits per heavy atom. The minimum absolute atomic E-state index is 0.100. The smallest absolute Gasteiger partial charge is 0.337 e. The van der Waals surface area contributed by atoms with E-state index >= 15 is 0 Å². The molecule has 0 amide bonds. The van der Waals surface area contributed by atoms with E-state index in [1.807, 2.05) is 6.92 Å². The molecule has 0 saturated carbocycles. The molecule has 15 heavy (non-hydrogen) atoms. The normalized spacial score (nSPS) is 9.73. The fraction of sp³-hybridized carbons (Fsp3) is 0.182. The van der Waals surface area contributed by atoms with Crippen molar-refractivity contribution in [2.75, 3.05) is 11.9 Å². The van der Waals surface area contributed by atoms with E-state index in [9.17, 15) is 4.79 Å². The number of rotatable bonds is 4. The van der Waals surface area contributed by atoms with E-state index in [2.05, 4.69) is 11.9 Å². The van der Waals surface area contributed by atoms with Gasteiger partial charge in [0.1, 0.15) is 0 Å². The van der Waals surface area contributed by atoms with Gasteiger partial charge in [-0.25, -0.2) is 4.79 Å². The van der Waals surface area contributed by atoms with Crippen molar-refractivity contribution < 1.29 is 9.90 Å². The first kappa shape index (κ1) is 11.6. The Bertz CT molecular complexity index is 402. The highest BCUT2D eigenvalue weighted by atomic mass is 35.5. The van der Waals surface area contributed by atoms with E-state index in [0.717, 1.165) is 11.3 Å². The van der Waals surface area contributed by atoms with Gasteiger partial charge in [-0.2, -0.15) is 0 Å². The Labute approximate surface area is 93.4 Å². The van der Waals surface area contributed by atoms with Gasteiger partial charge >= 0.3 is 5.97 Å². The maximum absolute atomic E-state index is 10.8. The number of carboxylic acids is 1. The first-order valence-corrected chi connectivity index (χ1v) is 4.79. The molecule has 0 aliphatic heterocycles. The van der Waals surface area contributed by atoms with Crippen LogP contribution in [-0.2, 0) is 0 Å². The van der Waals surface area contributed by atoms with Gasteiger partial charge in [-0.05, 0) is 25.1 Å². The Morgan fingerprint density at radius 3 is 2.80 bits per heavy atom. The maximum atomic E-state index is 10.8. The maximum Gasteiger partial charge on any atom is 0.337 e. The molecule has 1 aromatic carbocycles. The third-order valence-corrected chi connectivity index (χ3v) is 2.12. The summed E-state index contributed by atoms with van der Waals surface area (Å²) in [7, 11) is 0. The monoisotopic (exact) mass is 225 g/mol. The number of hydrogen-bond donors (Lipinski definition) is 2. The molecular weight excluding hydrogens is 214 g/mol. The molecule has 0 aliphatic rings. The lowest BCUT2D eigenvalue weighted by molar-refractivity contribution is 0.0697. The molecular formula is C11H12ClNO2. The SMILES string of the molecule is C=C(C)CNc1ccc(Cl)c(C(=O)O)c1. The van der Waals surface area contributed by atoms with Crippen molar-refractivity contribution in [2.45, 2.75) is 6.92 Å². The zero-order valence-electron chi connectivity index (χ0n) is 8.38. The van der Waals surface area contributed by atoms with Crippen LogP contribution in [0.4, 0.5) is 5.69 Å². The van der Waals surface area contributed by atoms with Crippen LogP contribution in [0.1, 0.15) is 17.3 Å². The molecule has 80 valence electrons. The van der Waals surface area contributed by atoms with E-state index < -0.39 is 5.97 Å². The molecule has 3 nitrogen and oxygen atoms in total. The third-order valence-electron chi connectivity index (χ3n) is 1.79. The molecule has 0 saturated heterocycles. The van der Waals surface area contributed by atoms with Crippen LogP contribution in [-0.4, -0.2) is 17.6 Å². The molecule has 0 bridgehead atoms. The molecule has 0 aromatic heterocycles. The molecule has 0 radical (unpaired) electrons. The predicted octanol–water partition coefficient (Wildman–Crippen LogP) is 3.03. The number of carboxylic acid groups (broad SMARTS) is 1. The van der Waals surface area contributed by atoms with Gasteiger partial charge in [0.05, 0.1) is 10.6 Å². The van der Waals surface area contributed by atoms with E-state index in [-0.39, 0.29) is 10.6 Å². The standard InChI is InChI=1S/C11H12ClNO2/c1-7(2)6-13-8-3-4-10(12)9(5-8)11(14)15/h3-5,13H,1,6H2,2H3,(H,14,15). The highest BCUT2D eigenvalue weighted by molar-refractivity contribution is 6.33. The second-order valence-electron chi connectivity index (χ2n) is 3.31. The number of aromatic carboxylic acids is 1. The van der Waals surface area contributed by atoms with Crippen molar-refractivity contribution in [2.24, 2.45) is 0 Å². The second-order valence-corrected chi connectivity index (χ2v) is 3.72. The first-order chi connectivity index (χ1) is 7.00. The summed E-state index contributed by atoms with van der Waals surface area (Å²) >= 11 is 5.73. The van der Waals surface area contributed by atoms with Crippen molar-refractivity contribution in [3.63, 3.8) is 0 Å². The van der Waals surface area contributed by atoms with Gasteiger partial charge in [0.15, 0.2) is 0 Å². The zero-order valence-corrected chi connectivity index (χ0v) is 9.14. The molecule has 2 N–H and O–H groups in total. The van der Waals surface area contributed by atoms with Gasteiger partial charge < -0.3 is 10.4 Å². The predicted molar refractivity (Wildman–Crippen MR) is 61.7 cm³/mol. The summed E-state index contributed by atoms with van der Waals surface area (Å²) in [6, 6.07) is 4.80. The number of carbonyl (C=O) groups is 1. The summed E-state index contributed by atoms with van der Waals surface area (Å²) < 4.78 is 0. The summed E-state index contributed by atoms with van der Waals surface area (Å²) in [5, 5.41) is 12.1. The summed E-state index contributed by atoms with van der Waals surface area (Å²) in [5.41, 5.74) is 1.80. The Kier molecular flexibility index (Phi) is 3.74. The molecule has 1 aromatic rings. The van der Waals surface area contributed by atoms with Crippen LogP contribution in [0.25, 0.3) is 0 Å². The van der Waals surface area contributed by atoms with E-state index in [0.29, 0.717) is 6.54 Å². The van der Waals surface area contributed by atoms with Gasteiger partial charge in [0.25, 0.3) is 0 Å². The highest BCUT2D eigenvalue weighted by Crippen LogP contribution is 2.20. The molecule has 1 rings (SSSR count). The van der Waals surface area contributed by atoms with E-state index in [4.69, 9.17) is 16.7 Å². The van der Waals surface area contributed by atoms with Crippen LogP contribution in [0.3, 0.4) is 0 Å². The van der Waals surface area contributed by atoms with E-state index in [1.165, 1.54) is 6.07 Å². The summed E-state index contributed by atoms with van der Waals surface area (Å²) in [4.78, 5) is 10.8. The second kappa shape index (κ2) is 4.84. The summed E-state index contributed by atoms with van der Waals surface area (Å²) in [5.74, 6) is -1.03. The van der Waals surface area contributed by atoms with Crippen LogP contribution < -0.4 is 5.32 Å². The Hall–Kier alpha value is -1.48.